The lowest BCUT2D eigenvalue weighted by Crippen LogP contribution is -2.46. The molecule has 0 radical (unpaired) electrons. The average Bonchev–Trinajstić information content (AvgIpc) is 2.48. The molecule has 0 aromatic carbocycles. The zero-order chi connectivity index (χ0) is 15.3. The van der Waals surface area contributed by atoms with Crippen LogP contribution in [0.25, 0.3) is 0 Å². The van der Waals surface area contributed by atoms with Gasteiger partial charge in [-0.15, -0.1) is 0 Å². The summed E-state index contributed by atoms with van der Waals surface area (Å²) < 4.78 is 0. The number of aliphatic hydroxyl groups is 1. The maximum atomic E-state index is 11.9. The normalized spacial score (nSPS) is 20.0. The van der Waals surface area contributed by atoms with E-state index < -0.39 is 5.60 Å². The Hall–Kier alpha value is -1.42. The second kappa shape index (κ2) is 6.56. The Kier molecular flexibility index (Phi) is 4.99. The second-order valence-corrected chi connectivity index (χ2v) is 7.02. The molecule has 2 N–H and O–H groups in total. The highest BCUT2D eigenvalue weighted by Gasteiger charge is 2.36. The summed E-state index contributed by atoms with van der Waals surface area (Å²) in [5.41, 5.74) is 0.706. The van der Waals surface area contributed by atoms with Crippen LogP contribution in [0.5, 0.6) is 0 Å². The molecule has 1 aliphatic carbocycles. The number of carbonyl (C=O) groups is 1. The highest BCUT2D eigenvalue weighted by molar-refractivity contribution is 5.76. The lowest BCUT2D eigenvalue weighted by Gasteiger charge is -2.40. The second-order valence-electron chi connectivity index (χ2n) is 7.02. The molecule has 1 saturated carbocycles. The standard InChI is InChI=1S/C17H26N2O2/c1-16(2)7-9-17(21,10-8-16)13-19-15(20)4-3-14-5-11-18-12-6-14/h5-6,11-12,21H,3-4,7-10,13H2,1-2H3,(H,19,20). The summed E-state index contributed by atoms with van der Waals surface area (Å²) in [5, 5.41) is 13.4. The van der Waals surface area contributed by atoms with E-state index in [0.717, 1.165) is 31.2 Å². The van der Waals surface area contributed by atoms with E-state index in [1.165, 1.54) is 0 Å². The van der Waals surface area contributed by atoms with Crippen molar-refractivity contribution in [2.45, 2.75) is 58.0 Å². The Balaban J connectivity index is 1.71. The van der Waals surface area contributed by atoms with Gasteiger partial charge in [-0.2, -0.15) is 0 Å². The molecule has 1 amide bonds. The van der Waals surface area contributed by atoms with E-state index in [0.29, 0.717) is 24.8 Å². The molecule has 0 spiro atoms. The average molecular weight is 290 g/mol. The van der Waals surface area contributed by atoms with Gasteiger partial charge >= 0.3 is 0 Å². The third-order valence-electron chi connectivity index (χ3n) is 4.54. The van der Waals surface area contributed by atoms with Gasteiger partial charge in [0.05, 0.1) is 5.60 Å². The van der Waals surface area contributed by atoms with Crippen molar-refractivity contribution >= 4 is 5.91 Å². The van der Waals surface area contributed by atoms with E-state index in [1.807, 2.05) is 12.1 Å². The van der Waals surface area contributed by atoms with Gasteiger partial charge in [0.1, 0.15) is 0 Å². The van der Waals surface area contributed by atoms with E-state index in [-0.39, 0.29) is 5.91 Å². The lowest BCUT2D eigenvalue weighted by atomic mass is 9.71. The van der Waals surface area contributed by atoms with E-state index in [4.69, 9.17) is 0 Å². The third-order valence-corrected chi connectivity index (χ3v) is 4.54. The van der Waals surface area contributed by atoms with Gasteiger partial charge in [-0.1, -0.05) is 13.8 Å². The molecule has 21 heavy (non-hydrogen) atoms. The summed E-state index contributed by atoms with van der Waals surface area (Å²) in [6.45, 7) is 4.85. The van der Waals surface area contributed by atoms with Crippen LogP contribution in [-0.2, 0) is 11.2 Å². The van der Waals surface area contributed by atoms with Crippen LogP contribution in [-0.4, -0.2) is 28.1 Å². The number of pyridine rings is 1. The van der Waals surface area contributed by atoms with Crippen molar-refractivity contribution in [1.29, 1.82) is 0 Å². The first-order chi connectivity index (χ1) is 9.89. The molecule has 1 aromatic rings. The summed E-state index contributed by atoms with van der Waals surface area (Å²) >= 11 is 0. The monoisotopic (exact) mass is 290 g/mol. The van der Waals surface area contributed by atoms with Gasteiger partial charge < -0.3 is 10.4 Å². The van der Waals surface area contributed by atoms with E-state index in [1.54, 1.807) is 12.4 Å². The number of nitrogens with one attached hydrogen (secondary N) is 1. The number of amides is 1. The van der Waals surface area contributed by atoms with Crippen LogP contribution >= 0.6 is 0 Å². The topological polar surface area (TPSA) is 62.2 Å². The Bertz CT molecular complexity index is 461. The fourth-order valence-corrected chi connectivity index (χ4v) is 2.73. The van der Waals surface area contributed by atoms with Crippen molar-refractivity contribution in [3.8, 4) is 0 Å². The van der Waals surface area contributed by atoms with Gasteiger partial charge in [-0.05, 0) is 55.2 Å². The minimum atomic E-state index is -0.720. The molecule has 1 aliphatic rings. The van der Waals surface area contributed by atoms with Gasteiger partial charge in [0.15, 0.2) is 0 Å². The molecule has 1 fully saturated rings. The third kappa shape index (κ3) is 5.12. The number of rotatable bonds is 5. The molecule has 1 heterocycles. The van der Waals surface area contributed by atoms with Crippen LogP contribution in [0.2, 0.25) is 0 Å². The Morgan fingerprint density at radius 3 is 2.48 bits per heavy atom. The molecule has 0 saturated heterocycles. The first-order valence-corrected chi connectivity index (χ1v) is 7.77. The van der Waals surface area contributed by atoms with Crippen LogP contribution in [0.3, 0.4) is 0 Å². The fraction of sp³-hybridized carbons (Fsp3) is 0.647. The highest BCUT2D eigenvalue weighted by atomic mass is 16.3. The van der Waals surface area contributed by atoms with Crippen LogP contribution in [0, 0.1) is 5.41 Å². The van der Waals surface area contributed by atoms with Crippen LogP contribution < -0.4 is 5.32 Å². The smallest absolute Gasteiger partial charge is 0.220 e. The van der Waals surface area contributed by atoms with Gasteiger partial charge in [-0.25, -0.2) is 0 Å². The first-order valence-electron chi connectivity index (χ1n) is 7.77. The molecule has 2 rings (SSSR count). The number of carbonyl (C=O) groups excluding carboxylic acids is 1. The minimum Gasteiger partial charge on any atom is -0.388 e. The Morgan fingerprint density at radius 1 is 1.24 bits per heavy atom. The summed E-state index contributed by atoms with van der Waals surface area (Å²) in [5.74, 6) is 0.00470. The molecular formula is C17H26N2O2. The molecule has 4 heteroatoms. The molecule has 4 nitrogen and oxygen atoms in total. The zero-order valence-electron chi connectivity index (χ0n) is 13.1. The van der Waals surface area contributed by atoms with Gasteiger partial charge in [0.2, 0.25) is 5.91 Å². The molecule has 116 valence electrons. The quantitative estimate of drug-likeness (QED) is 0.875. The molecule has 0 aliphatic heterocycles. The van der Waals surface area contributed by atoms with Crippen molar-refractivity contribution in [1.82, 2.24) is 10.3 Å². The fourth-order valence-electron chi connectivity index (χ4n) is 2.73. The summed E-state index contributed by atoms with van der Waals surface area (Å²) in [6.07, 6.45) is 8.19. The van der Waals surface area contributed by atoms with E-state index in [9.17, 15) is 9.90 Å². The Labute approximate surface area is 127 Å². The summed E-state index contributed by atoms with van der Waals surface area (Å²) in [4.78, 5) is 15.8. The van der Waals surface area contributed by atoms with Crippen molar-refractivity contribution in [2.24, 2.45) is 5.41 Å². The van der Waals surface area contributed by atoms with E-state index >= 15 is 0 Å². The summed E-state index contributed by atoms with van der Waals surface area (Å²) in [7, 11) is 0. The molecule has 1 aromatic heterocycles. The SMILES string of the molecule is CC1(C)CCC(O)(CNC(=O)CCc2ccncc2)CC1. The molecule has 0 atom stereocenters. The number of aromatic nitrogens is 1. The van der Waals surface area contributed by atoms with Crippen molar-refractivity contribution in [3.63, 3.8) is 0 Å². The van der Waals surface area contributed by atoms with Crippen molar-refractivity contribution in [2.75, 3.05) is 6.54 Å². The predicted octanol–water partition coefficient (Wildman–Crippen LogP) is 2.46. The minimum absolute atomic E-state index is 0.00470. The van der Waals surface area contributed by atoms with Gasteiger partial charge in [0, 0.05) is 25.4 Å². The van der Waals surface area contributed by atoms with Crippen molar-refractivity contribution < 1.29 is 9.90 Å². The number of aryl methyl sites for hydroxylation is 1. The van der Waals surface area contributed by atoms with E-state index in [2.05, 4.69) is 24.1 Å². The van der Waals surface area contributed by atoms with Crippen LogP contribution in [0.4, 0.5) is 0 Å². The summed E-state index contributed by atoms with van der Waals surface area (Å²) in [6, 6.07) is 3.84. The van der Waals surface area contributed by atoms with Crippen LogP contribution in [0.1, 0.15) is 51.5 Å². The lowest BCUT2D eigenvalue weighted by molar-refractivity contribution is -0.123. The maximum absolute atomic E-state index is 11.9. The predicted molar refractivity (Wildman–Crippen MR) is 82.8 cm³/mol. The molecule has 0 unspecified atom stereocenters. The number of nitrogens with zero attached hydrogens (tertiary/aromatic N) is 1. The highest BCUT2D eigenvalue weighted by Crippen LogP contribution is 2.39. The number of hydrogen-bond acceptors (Lipinski definition) is 3. The Morgan fingerprint density at radius 2 is 1.86 bits per heavy atom. The van der Waals surface area contributed by atoms with Crippen molar-refractivity contribution in [3.05, 3.63) is 30.1 Å². The number of hydrogen-bond donors (Lipinski definition) is 2. The maximum Gasteiger partial charge on any atom is 0.220 e. The largest absolute Gasteiger partial charge is 0.388 e. The molecule has 0 bridgehead atoms. The van der Waals surface area contributed by atoms with Gasteiger partial charge in [0.25, 0.3) is 0 Å². The zero-order valence-corrected chi connectivity index (χ0v) is 13.1. The van der Waals surface area contributed by atoms with Gasteiger partial charge in [-0.3, -0.25) is 9.78 Å². The first kappa shape index (κ1) is 16.0. The molecular weight excluding hydrogens is 264 g/mol. The van der Waals surface area contributed by atoms with Crippen LogP contribution in [0.15, 0.2) is 24.5 Å².